The molecule has 114 valence electrons. The predicted molar refractivity (Wildman–Crippen MR) is 84.8 cm³/mol. The lowest BCUT2D eigenvalue weighted by Crippen LogP contribution is -2.12. The summed E-state index contributed by atoms with van der Waals surface area (Å²) >= 11 is 0. The normalized spacial score (nSPS) is 11.3. The number of para-hydroxylation sites is 2. The number of benzene rings is 1. The highest BCUT2D eigenvalue weighted by molar-refractivity contribution is 7.92. The quantitative estimate of drug-likeness (QED) is 0.823. The lowest BCUT2D eigenvalue weighted by Gasteiger charge is -2.13. The van der Waals surface area contributed by atoms with E-state index in [4.69, 9.17) is 0 Å². The van der Waals surface area contributed by atoms with Crippen LogP contribution in [0.25, 0.3) is 0 Å². The van der Waals surface area contributed by atoms with E-state index in [2.05, 4.69) is 26.5 Å². The molecular formula is C14H20N4O2S. The molecule has 0 aliphatic carbocycles. The molecule has 2 aromatic rings. The summed E-state index contributed by atoms with van der Waals surface area (Å²) in [6.07, 6.45) is 5.80. The standard InChI is InChI=1S/C14H20N4O2S/c1-3-8-18-11-15-9-12(18)10-16-13-6-4-5-7-14(13)17-21(2,19)20/h4-7,9,11,16-17H,3,8,10H2,1-2H3. The summed E-state index contributed by atoms with van der Waals surface area (Å²) in [6, 6.07) is 7.22. The van der Waals surface area contributed by atoms with E-state index < -0.39 is 10.0 Å². The first-order valence-electron chi connectivity index (χ1n) is 6.79. The highest BCUT2D eigenvalue weighted by atomic mass is 32.2. The molecule has 1 heterocycles. The molecule has 2 N–H and O–H groups in total. The molecule has 0 unspecified atom stereocenters. The van der Waals surface area contributed by atoms with Gasteiger partial charge in [0.15, 0.2) is 0 Å². The minimum absolute atomic E-state index is 0.543. The number of sulfonamides is 1. The summed E-state index contributed by atoms with van der Waals surface area (Å²) in [5.41, 5.74) is 2.35. The molecule has 0 saturated heterocycles. The smallest absolute Gasteiger partial charge is 0.229 e. The molecule has 1 aromatic heterocycles. The summed E-state index contributed by atoms with van der Waals surface area (Å²) in [7, 11) is -3.30. The Kier molecular flexibility index (Phi) is 4.85. The first kappa shape index (κ1) is 15.4. The molecule has 6 nitrogen and oxygen atoms in total. The Morgan fingerprint density at radius 2 is 1.95 bits per heavy atom. The van der Waals surface area contributed by atoms with Crippen molar-refractivity contribution in [3.63, 3.8) is 0 Å². The van der Waals surface area contributed by atoms with Crippen molar-refractivity contribution in [3.8, 4) is 0 Å². The Labute approximate surface area is 125 Å². The molecule has 0 aliphatic heterocycles. The van der Waals surface area contributed by atoms with Crippen LogP contribution in [0.4, 0.5) is 11.4 Å². The van der Waals surface area contributed by atoms with Crippen LogP contribution < -0.4 is 10.0 Å². The zero-order chi connectivity index (χ0) is 15.3. The van der Waals surface area contributed by atoms with E-state index in [0.717, 1.165) is 30.6 Å². The van der Waals surface area contributed by atoms with Gasteiger partial charge in [-0.3, -0.25) is 4.72 Å². The summed E-state index contributed by atoms with van der Waals surface area (Å²) in [6.45, 7) is 3.62. The third-order valence-corrected chi connectivity index (χ3v) is 3.54. The number of aryl methyl sites for hydroxylation is 1. The van der Waals surface area contributed by atoms with Crippen LogP contribution in [0.15, 0.2) is 36.8 Å². The zero-order valence-corrected chi connectivity index (χ0v) is 13.0. The van der Waals surface area contributed by atoms with Crippen molar-refractivity contribution in [2.24, 2.45) is 0 Å². The number of hydrogen-bond acceptors (Lipinski definition) is 4. The van der Waals surface area contributed by atoms with Crippen LogP contribution in [0.2, 0.25) is 0 Å². The Balaban J connectivity index is 2.11. The van der Waals surface area contributed by atoms with Crippen molar-refractivity contribution in [1.29, 1.82) is 0 Å². The largest absolute Gasteiger partial charge is 0.378 e. The molecule has 0 saturated carbocycles. The molecule has 7 heteroatoms. The minimum atomic E-state index is -3.30. The fourth-order valence-corrected chi connectivity index (χ4v) is 2.63. The molecule has 0 spiro atoms. The van der Waals surface area contributed by atoms with Crippen LogP contribution in [-0.2, 0) is 23.1 Å². The van der Waals surface area contributed by atoms with Gasteiger partial charge < -0.3 is 9.88 Å². The van der Waals surface area contributed by atoms with Gasteiger partial charge in [0, 0.05) is 12.7 Å². The minimum Gasteiger partial charge on any atom is -0.378 e. The van der Waals surface area contributed by atoms with E-state index in [-0.39, 0.29) is 0 Å². The highest BCUT2D eigenvalue weighted by Gasteiger charge is 2.07. The van der Waals surface area contributed by atoms with E-state index >= 15 is 0 Å². The van der Waals surface area contributed by atoms with E-state index in [1.165, 1.54) is 0 Å². The van der Waals surface area contributed by atoms with Crippen LogP contribution in [-0.4, -0.2) is 24.2 Å². The second-order valence-electron chi connectivity index (χ2n) is 4.85. The molecule has 2 rings (SSSR count). The maximum Gasteiger partial charge on any atom is 0.229 e. The first-order valence-corrected chi connectivity index (χ1v) is 8.68. The number of anilines is 2. The van der Waals surface area contributed by atoms with Gasteiger partial charge >= 0.3 is 0 Å². The second-order valence-corrected chi connectivity index (χ2v) is 6.60. The fourth-order valence-electron chi connectivity index (χ4n) is 2.05. The van der Waals surface area contributed by atoms with Crippen LogP contribution >= 0.6 is 0 Å². The molecule has 21 heavy (non-hydrogen) atoms. The highest BCUT2D eigenvalue weighted by Crippen LogP contribution is 2.22. The SMILES string of the molecule is CCCn1cncc1CNc1ccccc1NS(C)(=O)=O. The van der Waals surface area contributed by atoms with Crippen molar-refractivity contribution < 1.29 is 8.42 Å². The van der Waals surface area contributed by atoms with Crippen LogP contribution in [0.5, 0.6) is 0 Å². The number of imidazole rings is 1. The van der Waals surface area contributed by atoms with Gasteiger partial charge in [0.25, 0.3) is 0 Å². The fraction of sp³-hybridized carbons (Fsp3) is 0.357. The van der Waals surface area contributed by atoms with Crippen molar-refractivity contribution in [2.45, 2.75) is 26.4 Å². The van der Waals surface area contributed by atoms with Crippen molar-refractivity contribution in [2.75, 3.05) is 16.3 Å². The number of aromatic nitrogens is 2. The monoisotopic (exact) mass is 308 g/mol. The number of nitrogens with one attached hydrogen (secondary N) is 2. The van der Waals surface area contributed by atoms with E-state index in [9.17, 15) is 8.42 Å². The number of rotatable bonds is 7. The first-order chi connectivity index (χ1) is 9.99. The molecule has 0 radical (unpaired) electrons. The summed E-state index contributed by atoms with van der Waals surface area (Å²) in [5.74, 6) is 0. The van der Waals surface area contributed by atoms with E-state index in [1.54, 1.807) is 18.5 Å². The molecule has 1 aromatic carbocycles. The average Bonchev–Trinajstić information content (AvgIpc) is 2.84. The predicted octanol–water partition coefficient (Wildman–Crippen LogP) is 2.28. The Hall–Kier alpha value is -2.02. The van der Waals surface area contributed by atoms with Crippen molar-refractivity contribution in [3.05, 3.63) is 42.5 Å². The topological polar surface area (TPSA) is 76.0 Å². The van der Waals surface area contributed by atoms with Gasteiger partial charge in [-0.15, -0.1) is 0 Å². The van der Waals surface area contributed by atoms with Crippen molar-refractivity contribution >= 4 is 21.4 Å². The second kappa shape index (κ2) is 6.62. The molecule has 0 amide bonds. The van der Waals surface area contributed by atoms with Crippen LogP contribution in [0, 0.1) is 0 Å². The Bertz CT molecular complexity index is 695. The van der Waals surface area contributed by atoms with Crippen molar-refractivity contribution in [1.82, 2.24) is 9.55 Å². The van der Waals surface area contributed by atoms with Gasteiger partial charge in [-0.1, -0.05) is 19.1 Å². The Morgan fingerprint density at radius 1 is 1.24 bits per heavy atom. The molecule has 0 bridgehead atoms. The average molecular weight is 308 g/mol. The molecule has 0 atom stereocenters. The Morgan fingerprint density at radius 3 is 2.62 bits per heavy atom. The van der Waals surface area contributed by atoms with E-state index in [0.29, 0.717) is 12.2 Å². The molecular weight excluding hydrogens is 288 g/mol. The summed E-state index contributed by atoms with van der Waals surface area (Å²) < 4.78 is 27.3. The van der Waals surface area contributed by atoms with E-state index in [1.807, 2.05) is 18.3 Å². The lowest BCUT2D eigenvalue weighted by atomic mass is 10.2. The van der Waals surface area contributed by atoms with Gasteiger partial charge in [-0.2, -0.15) is 0 Å². The van der Waals surface area contributed by atoms with Gasteiger partial charge in [-0.25, -0.2) is 13.4 Å². The maximum absolute atomic E-state index is 11.4. The lowest BCUT2D eigenvalue weighted by molar-refractivity contribution is 0.607. The van der Waals surface area contributed by atoms with Gasteiger partial charge in [0.2, 0.25) is 10.0 Å². The number of nitrogens with zero attached hydrogens (tertiary/aromatic N) is 2. The molecule has 0 fully saturated rings. The summed E-state index contributed by atoms with van der Waals surface area (Å²) in [4.78, 5) is 4.15. The van der Waals surface area contributed by atoms with Gasteiger partial charge in [-0.05, 0) is 18.6 Å². The van der Waals surface area contributed by atoms with Crippen LogP contribution in [0.3, 0.4) is 0 Å². The third kappa shape index (κ3) is 4.49. The number of hydrogen-bond donors (Lipinski definition) is 2. The summed E-state index contributed by atoms with van der Waals surface area (Å²) in [5, 5.41) is 3.25. The van der Waals surface area contributed by atoms with Gasteiger partial charge in [0.1, 0.15) is 0 Å². The van der Waals surface area contributed by atoms with Crippen LogP contribution in [0.1, 0.15) is 19.0 Å². The zero-order valence-electron chi connectivity index (χ0n) is 12.2. The third-order valence-electron chi connectivity index (χ3n) is 2.95. The molecule has 0 aliphatic rings. The van der Waals surface area contributed by atoms with Gasteiger partial charge in [0.05, 0.1) is 36.2 Å². The maximum atomic E-state index is 11.4.